The Morgan fingerprint density at radius 3 is 2.75 bits per heavy atom. The summed E-state index contributed by atoms with van der Waals surface area (Å²) in [5, 5.41) is 4.02. The van der Waals surface area contributed by atoms with Crippen molar-refractivity contribution >= 4 is 21.4 Å². The van der Waals surface area contributed by atoms with E-state index in [-0.39, 0.29) is 5.56 Å². The number of aromatic nitrogens is 3. The Balaban J connectivity index is 1.69. The number of hydrogen-bond donors (Lipinski definition) is 0. The van der Waals surface area contributed by atoms with Crippen LogP contribution in [0.5, 0.6) is 5.75 Å². The number of fused-ring (bicyclic) bond motifs is 1. The van der Waals surface area contributed by atoms with Crippen molar-refractivity contribution in [2.45, 2.75) is 6.54 Å². The highest BCUT2D eigenvalue weighted by atomic mass is 79.9. The predicted molar refractivity (Wildman–Crippen MR) is 79.1 cm³/mol. The first-order chi connectivity index (χ1) is 9.74. The molecule has 3 rings (SSSR count). The molecule has 0 aliphatic rings. The fraction of sp³-hybridized carbons (Fsp3) is 0.143. The van der Waals surface area contributed by atoms with Gasteiger partial charge in [0.15, 0.2) is 0 Å². The van der Waals surface area contributed by atoms with Gasteiger partial charge in [-0.25, -0.2) is 4.52 Å². The third-order valence-electron chi connectivity index (χ3n) is 2.95. The molecule has 0 aliphatic carbocycles. The van der Waals surface area contributed by atoms with Gasteiger partial charge in [0.1, 0.15) is 17.9 Å². The molecule has 2 heterocycles. The molecule has 6 heteroatoms. The highest BCUT2D eigenvalue weighted by Gasteiger charge is 2.03. The van der Waals surface area contributed by atoms with Gasteiger partial charge in [0.05, 0.1) is 12.7 Å². The summed E-state index contributed by atoms with van der Waals surface area (Å²) in [7, 11) is 0. The second-order valence-corrected chi connectivity index (χ2v) is 5.18. The lowest BCUT2D eigenvalue weighted by molar-refractivity contribution is 0.296. The van der Waals surface area contributed by atoms with Crippen LogP contribution in [0.25, 0.3) is 5.52 Å². The van der Waals surface area contributed by atoms with Crippen LogP contribution in [0.1, 0.15) is 0 Å². The number of rotatable bonds is 4. The highest BCUT2D eigenvalue weighted by molar-refractivity contribution is 9.10. The molecule has 3 aromatic rings. The Morgan fingerprint density at radius 1 is 1.15 bits per heavy atom. The van der Waals surface area contributed by atoms with E-state index in [9.17, 15) is 4.79 Å². The topological polar surface area (TPSA) is 48.5 Å². The van der Waals surface area contributed by atoms with Crippen LogP contribution in [0, 0.1) is 0 Å². The molecule has 1 aromatic carbocycles. The first kappa shape index (κ1) is 12.9. The van der Waals surface area contributed by atoms with Gasteiger partial charge in [0, 0.05) is 16.9 Å². The normalized spacial score (nSPS) is 10.8. The Bertz CT molecular complexity index is 777. The number of ether oxygens (including phenoxy) is 1. The smallest absolute Gasteiger partial charge is 0.276 e. The molecule has 0 amide bonds. The molecule has 0 spiro atoms. The fourth-order valence-electron chi connectivity index (χ4n) is 1.93. The van der Waals surface area contributed by atoms with Crippen LogP contribution in [-0.2, 0) is 6.54 Å². The van der Waals surface area contributed by atoms with Crippen molar-refractivity contribution < 1.29 is 4.74 Å². The molecule has 0 atom stereocenters. The van der Waals surface area contributed by atoms with Crippen molar-refractivity contribution in [3.8, 4) is 5.75 Å². The minimum Gasteiger partial charge on any atom is -0.492 e. The summed E-state index contributed by atoms with van der Waals surface area (Å²) in [5.41, 5.74) is 0.501. The molecule has 5 nitrogen and oxygen atoms in total. The van der Waals surface area contributed by atoms with Gasteiger partial charge in [-0.15, -0.1) is 0 Å². The first-order valence-electron chi connectivity index (χ1n) is 6.15. The average Bonchev–Trinajstić information content (AvgIpc) is 2.93. The summed E-state index contributed by atoms with van der Waals surface area (Å²) >= 11 is 3.37. The van der Waals surface area contributed by atoms with Crippen LogP contribution in [0.4, 0.5) is 0 Å². The molecular weight excluding hydrogens is 322 g/mol. The van der Waals surface area contributed by atoms with Gasteiger partial charge in [-0.3, -0.25) is 4.79 Å². The summed E-state index contributed by atoms with van der Waals surface area (Å²) in [6.07, 6.45) is 5.09. The van der Waals surface area contributed by atoms with Gasteiger partial charge in [-0.05, 0) is 30.3 Å². The third kappa shape index (κ3) is 2.60. The second-order valence-electron chi connectivity index (χ2n) is 4.26. The van der Waals surface area contributed by atoms with Gasteiger partial charge in [0.2, 0.25) is 0 Å². The van der Waals surface area contributed by atoms with Crippen molar-refractivity contribution in [1.82, 2.24) is 14.2 Å². The Kier molecular flexibility index (Phi) is 3.56. The van der Waals surface area contributed by atoms with Crippen LogP contribution in [-0.4, -0.2) is 20.8 Å². The zero-order valence-electron chi connectivity index (χ0n) is 10.6. The minimum atomic E-state index is -0.0654. The van der Waals surface area contributed by atoms with Crippen molar-refractivity contribution in [1.29, 1.82) is 0 Å². The van der Waals surface area contributed by atoms with E-state index >= 15 is 0 Å². The van der Waals surface area contributed by atoms with Crippen LogP contribution >= 0.6 is 15.9 Å². The van der Waals surface area contributed by atoms with Crippen LogP contribution in [0.15, 0.2) is 58.2 Å². The molecule has 0 radical (unpaired) electrons. The zero-order chi connectivity index (χ0) is 13.9. The molecule has 0 fully saturated rings. The van der Waals surface area contributed by atoms with E-state index in [0.717, 1.165) is 10.2 Å². The number of benzene rings is 1. The average molecular weight is 334 g/mol. The van der Waals surface area contributed by atoms with Crippen LogP contribution < -0.4 is 10.3 Å². The van der Waals surface area contributed by atoms with Crippen molar-refractivity contribution in [3.63, 3.8) is 0 Å². The molecule has 20 heavy (non-hydrogen) atoms. The van der Waals surface area contributed by atoms with E-state index in [4.69, 9.17) is 4.74 Å². The summed E-state index contributed by atoms with van der Waals surface area (Å²) in [6, 6.07) is 9.30. The molecule has 0 aliphatic heterocycles. The molecule has 0 saturated heterocycles. The van der Waals surface area contributed by atoms with E-state index in [1.165, 1.54) is 0 Å². The van der Waals surface area contributed by atoms with Gasteiger partial charge in [-0.2, -0.15) is 5.10 Å². The summed E-state index contributed by atoms with van der Waals surface area (Å²) in [4.78, 5) is 12.1. The monoisotopic (exact) mass is 333 g/mol. The summed E-state index contributed by atoms with van der Waals surface area (Å²) in [6.45, 7) is 0.933. The molecule has 2 aromatic heterocycles. The molecule has 102 valence electrons. The Labute approximate surface area is 123 Å². The van der Waals surface area contributed by atoms with E-state index in [2.05, 4.69) is 21.0 Å². The Morgan fingerprint density at radius 2 is 1.95 bits per heavy atom. The highest BCUT2D eigenvalue weighted by Crippen LogP contribution is 2.15. The van der Waals surface area contributed by atoms with Crippen molar-refractivity contribution in [3.05, 3.63) is 63.7 Å². The van der Waals surface area contributed by atoms with Crippen molar-refractivity contribution in [2.24, 2.45) is 0 Å². The second kappa shape index (κ2) is 5.50. The van der Waals surface area contributed by atoms with Crippen LogP contribution in [0.3, 0.4) is 0 Å². The lowest BCUT2D eigenvalue weighted by Crippen LogP contribution is -2.24. The third-order valence-corrected chi connectivity index (χ3v) is 3.48. The largest absolute Gasteiger partial charge is 0.492 e. The number of hydrogen-bond acceptors (Lipinski definition) is 3. The van der Waals surface area contributed by atoms with Gasteiger partial charge < -0.3 is 9.30 Å². The quantitative estimate of drug-likeness (QED) is 0.736. The van der Waals surface area contributed by atoms with Gasteiger partial charge >= 0.3 is 0 Å². The molecule has 0 saturated carbocycles. The predicted octanol–water partition coefficient (Wildman–Crippen LogP) is 2.34. The maximum atomic E-state index is 12.1. The molecule has 0 bridgehead atoms. The maximum Gasteiger partial charge on any atom is 0.276 e. The molecular formula is C14H12BrN3O2. The molecule has 0 N–H and O–H groups in total. The van der Waals surface area contributed by atoms with E-state index in [0.29, 0.717) is 18.7 Å². The van der Waals surface area contributed by atoms with E-state index < -0.39 is 0 Å². The van der Waals surface area contributed by atoms with Gasteiger partial charge in [-0.1, -0.05) is 15.9 Å². The van der Waals surface area contributed by atoms with Crippen LogP contribution in [0.2, 0.25) is 0 Å². The minimum absolute atomic E-state index is 0.0654. The zero-order valence-corrected chi connectivity index (χ0v) is 12.2. The molecule has 0 unspecified atom stereocenters. The maximum absolute atomic E-state index is 12.1. The number of nitrogens with zero attached hydrogens (tertiary/aromatic N) is 3. The SMILES string of the molecule is O=c1c2ccnn2ccn1CCOc1ccc(Br)cc1. The standard InChI is InChI=1S/C14H12BrN3O2/c15-11-1-3-12(4-2-11)20-10-9-17-7-8-18-13(14(17)19)5-6-16-18/h1-8H,9-10H2. The van der Waals surface area contributed by atoms with E-state index in [1.807, 2.05) is 24.3 Å². The van der Waals surface area contributed by atoms with Crippen molar-refractivity contribution in [2.75, 3.05) is 6.61 Å². The van der Waals surface area contributed by atoms with Gasteiger partial charge in [0.25, 0.3) is 5.56 Å². The van der Waals surface area contributed by atoms with E-state index in [1.54, 1.807) is 33.7 Å². The number of halogens is 1. The lowest BCUT2D eigenvalue weighted by atomic mass is 10.3. The summed E-state index contributed by atoms with van der Waals surface area (Å²) in [5.74, 6) is 0.784. The first-order valence-corrected chi connectivity index (χ1v) is 6.94. The Hall–Kier alpha value is -2.08. The summed E-state index contributed by atoms with van der Waals surface area (Å²) < 4.78 is 9.80. The lowest BCUT2D eigenvalue weighted by Gasteiger charge is -2.08. The fourth-order valence-corrected chi connectivity index (χ4v) is 2.19.